The first kappa shape index (κ1) is 31.7. The Morgan fingerprint density at radius 2 is 1.56 bits per heavy atom. The second-order valence-electron chi connectivity index (χ2n) is 15.4. The number of nitrogens with one attached hydrogen (secondary N) is 2. The van der Waals surface area contributed by atoms with E-state index in [-0.39, 0.29) is 12.2 Å². The molecule has 5 heteroatoms. The summed E-state index contributed by atoms with van der Waals surface area (Å²) in [6.07, 6.45) is 15.5. The molecule has 4 fully saturated rings. The number of hydrogen-bond acceptors (Lipinski definition) is 5. The summed E-state index contributed by atoms with van der Waals surface area (Å²) in [5.74, 6) is 4.29. The van der Waals surface area contributed by atoms with Gasteiger partial charge in [0.05, 0.1) is 12.2 Å². The van der Waals surface area contributed by atoms with Crippen LogP contribution in [0.3, 0.4) is 0 Å². The molecule has 4 aliphatic rings. The summed E-state index contributed by atoms with van der Waals surface area (Å²) in [4.78, 5) is 0. The van der Waals surface area contributed by atoms with Crippen molar-refractivity contribution in [2.24, 2.45) is 58.0 Å². The second kappa shape index (κ2) is 13.8. The molecule has 4 saturated carbocycles. The zero-order valence-electron chi connectivity index (χ0n) is 26.3. The molecule has 39 heavy (non-hydrogen) atoms. The monoisotopic (exact) mass is 548 g/mol. The van der Waals surface area contributed by atoms with Crippen molar-refractivity contribution in [2.75, 3.05) is 26.2 Å². The van der Waals surface area contributed by atoms with E-state index in [1.54, 1.807) is 0 Å². The van der Waals surface area contributed by atoms with E-state index in [2.05, 4.69) is 45.3 Å². The summed E-state index contributed by atoms with van der Waals surface area (Å²) in [5, 5.41) is 29.6. The van der Waals surface area contributed by atoms with Crippen LogP contribution in [0, 0.1) is 52.3 Å². The maximum absolute atomic E-state index is 11.7. The van der Waals surface area contributed by atoms with Crippen molar-refractivity contribution >= 4 is 0 Å². The molecule has 0 spiro atoms. The zero-order valence-corrected chi connectivity index (χ0v) is 26.3. The predicted octanol–water partition coefficient (Wildman–Crippen LogP) is 5.73. The van der Waals surface area contributed by atoms with E-state index in [1.165, 1.54) is 57.8 Å². The first-order valence-electron chi connectivity index (χ1n) is 17.1. The molecular formula is C34H65N3O2. The Hall–Kier alpha value is -0.200. The van der Waals surface area contributed by atoms with Crippen molar-refractivity contribution in [1.82, 2.24) is 10.6 Å². The smallest absolute Gasteiger partial charge is 0.0577 e. The van der Waals surface area contributed by atoms with E-state index in [0.717, 1.165) is 57.8 Å². The minimum absolute atomic E-state index is 0.119. The highest BCUT2D eigenvalue weighted by molar-refractivity contribution is 5.12. The lowest BCUT2D eigenvalue weighted by Crippen LogP contribution is -2.59. The van der Waals surface area contributed by atoms with Gasteiger partial charge in [0.25, 0.3) is 0 Å². The number of fused-ring (bicyclic) bond motifs is 5. The molecular weight excluding hydrogens is 482 g/mol. The summed E-state index contributed by atoms with van der Waals surface area (Å²) < 4.78 is 0. The third-order valence-corrected chi connectivity index (χ3v) is 12.9. The third-order valence-electron chi connectivity index (χ3n) is 12.9. The second-order valence-corrected chi connectivity index (χ2v) is 15.4. The maximum atomic E-state index is 11.7. The lowest BCUT2D eigenvalue weighted by Gasteiger charge is -2.62. The molecule has 6 N–H and O–H groups in total. The number of unbranched alkanes of at least 4 members (excludes halogenated alkanes) is 1. The maximum Gasteiger partial charge on any atom is 0.0577 e. The van der Waals surface area contributed by atoms with Crippen LogP contribution in [0.2, 0.25) is 0 Å². The predicted molar refractivity (Wildman–Crippen MR) is 163 cm³/mol. The SMILES string of the molecule is CC(C)C(O)CC[C@@H](C)[C@H]1CCC2C3C(CC[C@@]21C)[C@@]1(C)CC[C@H](NCCCNCCCCN)C[C@@H]1C[C@H]3O. The van der Waals surface area contributed by atoms with Gasteiger partial charge >= 0.3 is 0 Å². The first-order chi connectivity index (χ1) is 18.6. The van der Waals surface area contributed by atoms with Crippen LogP contribution < -0.4 is 16.4 Å². The van der Waals surface area contributed by atoms with Crippen LogP contribution in [0.25, 0.3) is 0 Å². The summed E-state index contributed by atoms with van der Waals surface area (Å²) in [6.45, 7) is 16.0. The quantitative estimate of drug-likeness (QED) is 0.179. The van der Waals surface area contributed by atoms with Crippen LogP contribution in [-0.4, -0.2) is 54.6 Å². The van der Waals surface area contributed by atoms with Crippen LogP contribution in [0.5, 0.6) is 0 Å². The van der Waals surface area contributed by atoms with Crippen molar-refractivity contribution in [1.29, 1.82) is 0 Å². The van der Waals surface area contributed by atoms with E-state index in [1.807, 2.05) is 0 Å². The topological polar surface area (TPSA) is 90.5 Å². The number of nitrogens with two attached hydrogens (primary N) is 1. The summed E-state index contributed by atoms with van der Waals surface area (Å²) in [7, 11) is 0. The minimum atomic E-state index is -0.169. The molecule has 0 saturated heterocycles. The molecule has 0 radical (unpaired) electrons. The number of aliphatic hydroxyl groups excluding tert-OH is 2. The van der Waals surface area contributed by atoms with Crippen LogP contribution in [0.4, 0.5) is 0 Å². The lowest BCUT2D eigenvalue weighted by atomic mass is 9.43. The van der Waals surface area contributed by atoms with Crippen LogP contribution in [0.1, 0.15) is 118 Å². The van der Waals surface area contributed by atoms with E-state index >= 15 is 0 Å². The van der Waals surface area contributed by atoms with E-state index in [0.29, 0.717) is 52.4 Å². The third kappa shape index (κ3) is 6.90. The van der Waals surface area contributed by atoms with E-state index in [9.17, 15) is 10.2 Å². The van der Waals surface area contributed by atoms with Gasteiger partial charge in [0.15, 0.2) is 0 Å². The van der Waals surface area contributed by atoms with Gasteiger partial charge in [-0.1, -0.05) is 34.6 Å². The van der Waals surface area contributed by atoms with E-state index < -0.39 is 0 Å². The number of aliphatic hydroxyl groups is 2. The Morgan fingerprint density at radius 1 is 0.846 bits per heavy atom. The van der Waals surface area contributed by atoms with Crippen molar-refractivity contribution in [2.45, 2.75) is 136 Å². The molecule has 0 heterocycles. The average Bonchev–Trinajstić information content (AvgIpc) is 3.26. The summed E-state index contributed by atoms with van der Waals surface area (Å²) >= 11 is 0. The van der Waals surface area contributed by atoms with Gasteiger partial charge in [-0.15, -0.1) is 0 Å². The molecule has 5 nitrogen and oxygen atoms in total. The van der Waals surface area contributed by atoms with Gasteiger partial charge in [0.2, 0.25) is 0 Å². The molecule has 4 aliphatic carbocycles. The Bertz CT molecular complexity index is 748. The fraction of sp³-hybridized carbons (Fsp3) is 1.00. The van der Waals surface area contributed by atoms with Gasteiger partial charge in [-0.05, 0) is 162 Å². The molecule has 0 aromatic carbocycles. The van der Waals surface area contributed by atoms with Gasteiger partial charge in [-0.2, -0.15) is 0 Å². The molecule has 0 aliphatic heterocycles. The summed E-state index contributed by atoms with van der Waals surface area (Å²) in [5.41, 5.74) is 6.35. The molecule has 0 aromatic heterocycles. The molecule has 0 bridgehead atoms. The number of rotatable bonds is 14. The van der Waals surface area contributed by atoms with Crippen molar-refractivity contribution in [3.8, 4) is 0 Å². The Labute approximate surface area is 241 Å². The van der Waals surface area contributed by atoms with Crippen molar-refractivity contribution in [3.63, 3.8) is 0 Å². The van der Waals surface area contributed by atoms with Crippen molar-refractivity contribution < 1.29 is 10.2 Å². The summed E-state index contributed by atoms with van der Waals surface area (Å²) in [6, 6.07) is 0.621. The zero-order chi connectivity index (χ0) is 28.2. The van der Waals surface area contributed by atoms with E-state index in [4.69, 9.17) is 5.73 Å². The average molecular weight is 548 g/mol. The highest BCUT2D eigenvalue weighted by Gasteiger charge is 2.62. The van der Waals surface area contributed by atoms with Crippen LogP contribution in [-0.2, 0) is 0 Å². The van der Waals surface area contributed by atoms with Gasteiger partial charge in [-0.3, -0.25) is 0 Å². The van der Waals surface area contributed by atoms with Gasteiger partial charge < -0.3 is 26.6 Å². The Kier molecular flexibility index (Phi) is 11.3. The fourth-order valence-corrected chi connectivity index (χ4v) is 10.4. The molecule has 228 valence electrons. The Balaban J connectivity index is 1.30. The molecule has 4 rings (SSSR count). The highest BCUT2D eigenvalue weighted by Crippen LogP contribution is 2.68. The van der Waals surface area contributed by atoms with Gasteiger partial charge in [-0.25, -0.2) is 0 Å². The standard InChI is InChI=1S/C34H65N3O2/c1-23(2)30(38)12-9-24(3)27-10-11-28-32-29(14-16-34(27,28)5)33(4)15-13-26(21-25(33)22-31(32)39)37-20-8-19-36-18-7-6-17-35/h23-32,36-39H,6-22,35H2,1-5H3/t24-,25-,26+,27-,28?,29?,30?,31-,32?,33+,34-/m1/s1. The van der Waals surface area contributed by atoms with Crippen molar-refractivity contribution in [3.05, 3.63) is 0 Å². The van der Waals surface area contributed by atoms with Crippen LogP contribution >= 0.6 is 0 Å². The molecule has 0 aromatic rings. The largest absolute Gasteiger partial charge is 0.393 e. The molecule has 0 amide bonds. The van der Waals surface area contributed by atoms with Gasteiger partial charge in [0, 0.05) is 6.04 Å². The lowest BCUT2D eigenvalue weighted by molar-refractivity contribution is -0.167. The fourth-order valence-electron chi connectivity index (χ4n) is 10.4. The normalized spacial score (nSPS) is 41.6. The van der Waals surface area contributed by atoms with Gasteiger partial charge in [0.1, 0.15) is 0 Å². The molecule has 11 atom stereocenters. The highest BCUT2D eigenvalue weighted by atomic mass is 16.3. The van der Waals surface area contributed by atoms with Crippen LogP contribution in [0.15, 0.2) is 0 Å². The number of hydrogen-bond donors (Lipinski definition) is 5. The molecule has 4 unspecified atom stereocenters. The first-order valence-corrected chi connectivity index (χ1v) is 17.1. The minimum Gasteiger partial charge on any atom is -0.393 e. The Morgan fingerprint density at radius 3 is 2.31 bits per heavy atom.